The van der Waals surface area contributed by atoms with Crippen LogP contribution in [0.25, 0.3) is 0 Å². The first-order valence-electron chi connectivity index (χ1n) is 7.95. The molecule has 0 saturated heterocycles. The quantitative estimate of drug-likeness (QED) is 0.503. The van der Waals surface area contributed by atoms with Crippen LogP contribution < -0.4 is 10.6 Å². The Balaban J connectivity index is 3.20. The van der Waals surface area contributed by atoms with E-state index in [9.17, 15) is 19.2 Å². The minimum atomic E-state index is -1.36. The predicted molar refractivity (Wildman–Crippen MR) is 90.3 cm³/mol. The van der Waals surface area contributed by atoms with Gasteiger partial charge in [0.05, 0.1) is 25.4 Å². The summed E-state index contributed by atoms with van der Waals surface area (Å²) in [6.07, 6.45) is 0. The van der Waals surface area contributed by atoms with Crippen LogP contribution in [0.1, 0.15) is 27.7 Å². The van der Waals surface area contributed by atoms with E-state index in [1.165, 1.54) is 0 Å². The van der Waals surface area contributed by atoms with Crippen LogP contribution in [0.2, 0.25) is 0 Å². The second-order valence-corrected chi connectivity index (χ2v) is 5.95. The number of amides is 1. The highest BCUT2D eigenvalue weighted by Crippen LogP contribution is 2.32. The van der Waals surface area contributed by atoms with Crippen molar-refractivity contribution in [3.05, 3.63) is 22.5 Å². The topological polar surface area (TPSA) is 120 Å². The third kappa shape index (κ3) is 4.84. The molecule has 1 rings (SSSR count). The van der Waals surface area contributed by atoms with Gasteiger partial charge in [-0.25, -0.2) is 9.59 Å². The van der Waals surface area contributed by atoms with Gasteiger partial charge in [-0.2, -0.15) is 0 Å². The maximum Gasteiger partial charge on any atom is 0.336 e. The summed E-state index contributed by atoms with van der Waals surface area (Å²) in [5.41, 5.74) is 0.534. The summed E-state index contributed by atoms with van der Waals surface area (Å²) in [6, 6.07) is -0.124. The predicted octanol–water partition coefficient (Wildman–Crippen LogP) is 0.168. The van der Waals surface area contributed by atoms with Crippen molar-refractivity contribution in [2.75, 3.05) is 20.8 Å². The van der Waals surface area contributed by atoms with Gasteiger partial charge >= 0.3 is 17.9 Å². The Morgan fingerprint density at radius 1 is 1.00 bits per heavy atom. The number of esters is 3. The molecular weight excluding hydrogens is 344 g/mol. The molecule has 0 aromatic heterocycles. The molecule has 9 nitrogen and oxygen atoms in total. The van der Waals surface area contributed by atoms with E-state index in [-0.39, 0.29) is 17.2 Å². The first-order valence-corrected chi connectivity index (χ1v) is 7.95. The van der Waals surface area contributed by atoms with Crippen molar-refractivity contribution in [1.82, 2.24) is 10.6 Å². The van der Waals surface area contributed by atoms with Crippen LogP contribution in [-0.2, 0) is 33.4 Å². The monoisotopic (exact) mass is 368 g/mol. The average molecular weight is 368 g/mol. The van der Waals surface area contributed by atoms with Crippen molar-refractivity contribution in [3.63, 3.8) is 0 Å². The van der Waals surface area contributed by atoms with Crippen LogP contribution in [0.15, 0.2) is 22.5 Å². The fourth-order valence-corrected chi connectivity index (χ4v) is 2.57. The molecule has 0 fully saturated rings. The number of carbonyl (C=O) groups is 4. The molecule has 0 radical (unpaired) electrons. The summed E-state index contributed by atoms with van der Waals surface area (Å²) in [7, 11) is 2.31. The smallest absolute Gasteiger partial charge is 0.336 e. The summed E-state index contributed by atoms with van der Waals surface area (Å²) in [5, 5.41) is 5.43. The summed E-state index contributed by atoms with van der Waals surface area (Å²) in [4.78, 5) is 48.6. The van der Waals surface area contributed by atoms with Crippen LogP contribution in [0.3, 0.4) is 0 Å². The van der Waals surface area contributed by atoms with Gasteiger partial charge in [0.2, 0.25) is 0 Å². The number of dihydropyridines is 1. The molecule has 1 aliphatic heterocycles. The van der Waals surface area contributed by atoms with Gasteiger partial charge in [-0.3, -0.25) is 9.59 Å². The van der Waals surface area contributed by atoms with Crippen LogP contribution in [-0.4, -0.2) is 50.7 Å². The Morgan fingerprint density at radius 2 is 1.46 bits per heavy atom. The Labute approximate surface area is 151 Å². The standard InChI is InChI=1S/C17H24N2O7/c1-8(2)18-11(20)7-26-17(23)14-12(15(21)24-5)9(3)19-10(4)13(14)16(22)25-6/h8,14,19H,7H2,1-6H3,(H,18,20). The highest BCUT2D eigenvalue weighted by atomic mass is 16.5. The van der Waals surface area contributed by atoms with E-state index in [2.05, 4.69) is 10.6 Å². The van der Waals surface area contributed by atoms with Gasteiger partial charge < -0.3 is 24.8 Å². The van der Waals surface area contributed by atoms with Gasteiger partial charge in [-0.1, -0.05) is 0 Å². The van der Waals surface area contributed by atoms with Crippen molar-refractivity contribution < 1.29 is 33.4 Å². The van der Waals surface area contributed by atoms with Crippen LogP contribution in [0.5, 0.6) is 0 Å². The number of ether oxygens (including phenoxy) is 3. The molecule has 0 saturated carbocycles. The van der Waals surface area contributed by atoms with Gasteiger partial charge in [-0.05, 0) is 27.7 Å². The highest BCUT2D eigenvalue weighted by molar-refractivity contribution is 6.05. The average Bonchev–Trinajstić information content (AvgIpc) is 2.57. The molecule has 144 valence electrons. The number of methoxy groups -OCH3 is 2. The van der Waals surface area contributed by atoms with Crippen molar-refractivity contribution >= 4 is 23.8 Å². The Bertz CT molecular complexity index is 639. The van der Waals surface area contributed by atoms with Crippen LogP contribution in [0, 0.1) is 5.92 Å². The Morgan fingerprint density at radius 3 is 1.85 bits per heavy atom. The van der Waals surface area contributed by atoms with E-state index >= 15 is 0 Å². The van der Waals surface area contributed by atoms with Crippen LogP contribution >= 0.6 is 0 Å². The molecule has 0 spiro atoms. The lowest BCUT2D eigenvalue weighted by molar-refractivity contribution is -0.153. The van der Waals surface area contributed by atoms with Gasteiger partial charge in [0, 0.05) is 17.4 Å². The van der Waals surface area contributed by atoms with E-state index in [1.807, 2.05) is 0 Å². The molecule has 0 bridgehead atoms. The fourth-order valence-electron chi connectivity index (χ4n) is 2.57. The second kappa shape index (κ2) is 9.02. The third-order valence-electron chi connectivity index (χ3n) is 3.60. The summed E-state index contributed by atoms with van der Waals surface area (Å²) >= 11 is 0. The van der Waals surface area contributed by atoms with Crippen molar-refractivity contribution in [3.8, 4) is 0 Å². The van der Waals surface area contributed by atoms with Crippen molar-refractivity contribution in [2.24, 2.45) is 5.92 Å². The summed E-state index contributed by atoms with van der Waals surface area (Å²) in [6.45, 7) is 6.11. The van der Waals surface area contributed by atoms with Crippen molar-refractivity contribution in [2.45, 2.75) is 33.7 Å². The molecular formula is C17H24N2O7. The largest absolute Gasteiger partial charge is 0.466 e. The molecule has 0 atom stereocenters. The maximum atomic E-state index is 12.6. The van der Waals surface area contributed by atoms with E-state index in [0.29, 0.717) is 11.4 Å². The fraction of sp³-hybridized carbons (Fsp3) is 0.529. The number of nitrogens with one attached hydrogen (secondary N) is 2. The number of carbonyl (C=O) groups excluding carboxylic acids is 4. The third-order valence-corrected chi connectivity index (χ3v) is 3.60. The van der Waals surface area contributed by atoms with E-state index in [0.717, 1.165) is 14.2 Å². The zero-order valence-electron chi connectivity index (χ0n) is 15.7. The van der Waals surface area contributed by atoms with Crippen LogP contribution in [0.4, 0.5) is 0 Å². The summed E-state index contributed by atoms with van der Waals surface area (Å²) in [5.74, 6) is -4.37. The van der Waals surface area contributed by atoms with E-state index in [1.54, 1.807) is 27.7 Å². The Hall–Kier alpha value is -2.84. The number of rotatable bonds is 6. The minimum Gasteiger partial charge on any atom is -0.466 e. The molecule has 9 heteroatoms. The first-order chi connectivity index (χ1) is 12.1. The van der Waals surface area contributed by atoms with Gasteiger partial charge in [-0.15, -0.1) is 0 Å². The zero-order chi connectivity index (χ0) is 20.0. The zero-order valence-corrected chi connectivity index (χ0v) is 15.7. The highest BCUT2D eigenvalue weighted by Gasteiger charge is 2.42. The number of allylic oxidation sites excluding steroid dienone is 2. The normalized spacial score (nSPS) is 14.7. The van der Waals surface area contributed by atoms with Gasteiger partial charge in [0.25, 0.3) is 5.91 Å². The first kappa shape index (κ1) is 21.2. The second-order valence-electron chi connectivity index (χ2n) is 5.95. The minimum absolute atomic E-state index is 0.0761. The molecule has 1 aliphatic rings. The van der Waals surface area contributed by atoms with Gasteiger partial charge in [0.15, 0.2) is 6.61 Å². The molecule has 1 amide bonds. The molecule has 26 heavy (non-hydrogen) atoms. The lowest BCUT2D eigenvalue weighted by atomic mass is 9.85. The Kier molecular flexibility index (Phi) is 7.36. The summed E-state index contributed by atoms with van der Waals surface area (Å²) < 4.78 is 14.5. The van der Waals surface area contributed by atoms with E-state index in [4.69, 9.17) is 14.2 Å². The van der Waals surface area contributed by atoms with Gasteiger partial charge in [0.1, 0.15) is 5.92 Å². The molecule has 0 aromatic carbocycles. The maximum absolute atomic E-state index is 12.6. The molecule has 0 aromatic rings. The van der Waals surface area contributed by atoms with Crippen molar-refractivity contribution in [1.29, 1.82) is 0 Å². The molecule has 0 aliphatic carbocycles. The number of hydrogen-bond donors (Lipinski definition) is 2. The number of hydrogen-bond acceptors (Lipinski definition) is 8. The lowest BCUT2D eigenvalue weighted by Crippen LogP contribution is -2.39. The lowest BCUT2D eigenvalue weighted by Gasteiger charge is -2.28. The molecule has 0 unspecified atom stereocenters. The molecule has 1 heterocycles. The molecule has 2 N–H and O–H groups in total. The van der Waals surface area contributed by atoms with E-state index < -0.39 is 36.3 Å². The SMILES string of the molecule is COC(=O)C1=C(C)NC(C)=C(C(=O)OC)C1C(=O)OCC(=O)NC(C)C.